The van der Waals surface area contributed by atoms with Crippen molar-refractivity contribution in [2.75, 3.05) is 31.5 Å². The van der Waals surface area contributed by atoms with E-state index in [9.17, 15) is 4.79 Å². The number of thiazole rings is 1. The molecular formula is C17H21ClN4OS. The van der Waals surface area contributed by atoms with Crippen LogP contribution in [0.1, 0.15) is 18.2 Å². The molecule has 0 atom stereocenters. The van der Waals surface area contributed by atoms with Gasteiger partial charge >= 0.3 is 0 Å². The topological polar surface area (TPSA) is 48.5 Å². The second kappa shape index (κ2) is 8.07. The second-order valence-electron chi connectivity index (χ2n) is 6.01. The first kappa shape index (κ1) is 17.4. The summed E-state index contributed by atoms with van der Waals surface area (Å²) in [6.07, 6.45) is 0. The van der Waals surface area contributed by atoms with E-state index in [0.29, 0.717) is 5.13 Å². The van der Waals surface area contributed by atoms with Crippen LogP contribution in [0.2, 0.25) is 5.02 Å². The number of benzene rings is 1. The van der Waals surface area contributed by atoms with Crippen LogP contribution in [0, 0.1) is 0 Å². The van der Waals surface area contributed by atoms with E-state index in [0.717, 1.165) is 50.0 Å². The number of halogens is 1. The van der Waals surface area contributed by atoms with Crippen molar-refractivity contribution >= 4 is 34.0 Å². The van der Waals surface area contributed by atoms with Gasteiger partial charge < -0.3 is 5.32 Å². The molecule has 7 heteroatoms. The first-order chi connectivity index (χ1) is 11.6. The van der Waals surface area contributed by atoms with E-state index >= 15 is 0 Å². The minimum Gasteiger partial charge on any atom is -0.302 e. The predicted octanol–water partition coefficient (Wildman–Crippen LogP) is 3.07. The molecule has 1 saturated heterocycles. The Hall–Kier alpha value is -1.47. The van der Waals surface area contributed by atoms with Crippen molar-refractivity contribution < 1.29 is 4.79 Å². The van der Waals surface area contributed by atoms with Crippen molar-refractivity contribution in [1.82, 2.24) is 14.8 Å². The van der Waals surface area contributed by atoms with Gasteiger partial charge in [0.15, 0.2) is 5.13 Å². The number of anilines is 1. The molecule has 5 nitrogen and oxygen atoms in total. The molecular weight excluding hydrogens is 344 g/mol. The number of carbonyl (C=O) groups excluding carboxylic acids is 1. The standard InChI is InChI=1S/C17H21ClN4OS/c1-13(23)19-17-20-16(12-24-17)11-22-7-5-21(6-8-22)10-14-3-2-4-15(18)9-14/h2-4,9,12H,5-8,10-11H2,1H3,(H,19,20,23). The van der Waals surface area contributed by atoms with Crippen LogP contribution in [0.15, 0.2) is 29.6 Å². The number of nitrogens with one attached hydrogen (secondary N) is 1. The van der Waals surface area contributed by atoms with Crippen molar-refractivity contribution in [1.29, 1.82) is 0 Å². The van der Waals surface area contributed by atoms with Crippen LogP contribution >= 0.6 is 22.9 Å². The first-order valence-corrected chi connectivity index (χ1v) is 9.25. The van der Waals surface area contributed by atoms with Gasteiger partial charge in [-0.1, -0.05) is 23.7 Å². The molecule has 2 heterocycles. The summed E-state index contributed by atoms with van der Waals surface area (Å²) in [7, 11) is 0. The van der Waals surface area contributed by atoms with Crippen LogP contribution in [0.5, 0.6) is 0 Å². The molecule has 1 aromatic heterocycles. The zero-order chi connectivity index (χ0) is 16.9. The van der Waals surface area contributed by atoms with Crippen molar-refractivity contribution in [3.63, 3.8) is 0 Å². The first-order valence-electron chi connectivity index (χ1n) is 7.99. The molecule has 0 spiro atoms. The summed E-state index contributed by atoms with van der Waals surface area (Å²) in [6, 6.07) is 8.07. The highest BCUT2D eigenvalue weighted by Crippen LogP contribution is 2.18. The zero-order valence-electron chi connectivity index (χ0n) is 13.7. The molecule has 0 radical (unpaired) electrons. The number of carbonyl (C=O) groups is 1. The average Bonchev–Trinajstić information content (AvgIpc) is 2.95. The molecule has 1 amide bonds. The van der Waals surface area contributed by atoms with E-state index in [1.807, 2.05) is 23.6 Å². The molecule has 2 aromatic rings. The fourth-order valence-electron chi connectivity index (χ4n) is 2.82. The molecule has 0 unspecified atom stereocenters. The van der Waals surface area contributed by atoms with Gasteiger partial charge in [-0.2, -0.15) is 0 Å². The molecule has 128 valence electrons. The quantitative estimate of drug-likeness (QED) is 0.885. The molecule has 1 aliphatic heterocycles. The number of aromatic nitrogens is 1. The molecule has 1 aliphatic rings. The van der Waals surface area contributed by atoms with Crippen LogP contribution in [-0.4, -0.2) is 46.9 Å². The fourth-order valence-corrected chi connectivity index (χ4v) is 3.78. The molecule has 24 heavy (non-hydrogen) atoms. The maximum absolute atomic E-state index is 11.1. The Bertz CT molecular complexity index is 697. The van der Waals surface area contributed by atoms with Gasteiger partial charge in [0.1, 0.15) is 0 Å². The third kappa shape index (κ3) is 5.01. The van der Waals surface area contributed by atoms with E-state index in [4.69, 9.17) is 11.6 Å². The van der Waals surface area contributed by atoms with Gasteiger partial charge in [-0.15, -0.1) is 11.3 Å². The normalized spacial score (nSPS) is 16.2. The van der Waals surface area contributed by atoms with Crippen molar-refractivity contribution in [2.24, 2.45) is 0 Å². The maximum atomic E-state index is 11.1. The smallest absolute Gasteiger partial charge is 0.223 e. The van der Waals surface area contributed by atoms with Gasteiger partial charge in [0, 0.05) is 56.6 Å². The van der Waals surface area contributed by atoms with Crippen molar-refractivity contribution in [3.05, 3.63) is 45.9 Å². The minimum atomic E-state index is -0.0782. The maximum Gasteiger partial charge on any atom is 0.223 e. The third-order valence-corrected chi connectivity index (χ3v) is 5.02. The SMILES string of the molecule is CC(=O)Nc1nc(CN2CCN(Cc3cccc(Cl)c3)CC2)cs1. The van der Waals surface area contributed by atoms with Crippen LogP contribution in [0.25, 0.3) is 0 Å². The van der Waals surface area contributed by atoms with Gasteiger partial charge in [0.25, 0.3) is 0 Å². The van der Waals surface area contributed by atoms with E-state index in [2.05, 4.69) is 26.2 Å². The Labute approximate surface area is 151 Å². The lowest BCUT2D eigenvalue weighted by Gasteiger charge is -2.34. The van der Waals surface area contributed by atoms with Gasteiger partial charge in [0.05, 0.1) is 5.69 Å². The van der Waals surface area contributed by atoms with E-state index < -0.39 is 0 Å². The van der Waals surface area contributed by atoms with Crippen LogP contribution in [0.3, 0.4) is 0 Å². The summed E-state index contributed by atoms with van der Waals surface area (Å²) in [5.41, 5.74) is 2.28. The monoisotopic (exact) mass is 364 g/mol. The van der Waals surface area contributed by atoms with Crippen LogP contribution < -0.4 is 5.32 Å². The van der Waals surface area contributed by atoms with Crippen LogP contribution in [-0.2, 0) is 17.9 Å². The highest BCUT2D eigenvalue weighted by molar-refractivity contribution is 7.13. The largest absolute Gasteiger partial charge is 0.302 e. The Kier molecular flexibility index (Phi) is 5.84. The molecule has 1 fully saturated rings. The van der Waals surface area contributed by atoms with Crippen molar-refractivity contribution in [3.8, 4) is 0 Å². The van der Waals surface area contributed by atoms with Gasteiger partial charge in [-0.3, -0.25) is 14.6 Å². The predicted molar refractivity (Wildman–Crippen MR) is 98.4 cm³/mol. The summed E-state index contributed by atoms with van der Waals surface area (Å²) in [6.45, 7) is 7.39. The molecule has 3 rings (SSSR count). The second-order valence-corrected chi connectivity index (χ2v) is 7.30. The average molecular weight is 365 g/mol. The fraction of sp³-hybridized carbons (Fsp3) is 0.412. The summed E-state index contributed by atoms with van der Waals surface area (Å²) in [5, 5.41) is 6.22. The highest BCUT2D eigenvalue weighted by Gasteiger charge is 2.18. The lowest BCUT2D eigenvalue weighted by Crippen LogP contribution is -2.45. The lowest BCUT2D eigenvalue weighted by molar-refractivity contribution is -0.114. The highest BCUT2D eigenvalue weighted by atomic mass is 35.5. The summed E-state index contributed by atoms with van der Waals surface area (Å²) >= 11 is 7.53. The number of piperazine rings is 1. The van der Waals surface area contributed by atoms with E-state index in [-0.39, 0.29) is 5.91 Å². The Morgan fingerprint density at radius 2 is 1.96 bits per heavy atom. The molecule has 0 aliphatic carbocycles. The van der Waals surface area contributed by atoms with E-state index in [1.54, 1.807) is 0 Å². The summed E-state index contributed by atoms with van der Waals surface area (Å²) in [5.74, 6) is -0.0782. The van der Waals surface area contributed by atoms with Gasteiger partial charge in [0.2, 0.25) is 5.91 Å². The lowest BCUT2D eigenvalue weighted by atomic mass is 10.2. The van der Waals surface area contributed by atoms with Crippen molar-refractivity contribution in [2.45, 2.75) is 20.0 Å². The Morgan fingerprint density at radius 3 is 2.62 bits per heavy atom. The summed E-state index contributed by atoms with van der Waals surface area (Å²) < 4.78 is 0. The number of rotatable bonds is 5. The number of amides is 1. The molecule has 0 saturated carbocycles. The van der Waals surface area contributed by atoms with Gasteiger partial charge in [-0.25, -0.2) is 4.98 Å². The zero-order valence-corrected chi connectivity index (χ0v) is 15.2. The van der Waals surface area contributed by atoms with E-state index in [1.165, 1.54) is 23.8 Å². The van der Waals surface area contributed by atoms with Gasteiger partial charge in [-0.05, 0) is 17.7 Å². The molecule has 0 bridgehead atoms. The number of nitrogens with zero attached hydrogens (tertiary/aromatic N) is 3. The number of hydrogen-bond acceptors (Lipinski definition) is 5. The Morgan fingerprint density at radius 1 is 1.25 bits per heavy atom. The van der Waals surface area contributed by atoms with Crippen LogP contribution in [0.4, 0.5) is 5.13 Å². The minimum absolute atomic E-state index is 0.0782. The Balaban J connectivity index is 1.46. The summed E-state index contributed by atoms with van der Waals surface area (Å²) in [4.78, 5) is 20.4. The molecule has 1 aromatic carbocycles. The molecule has 1 N–H and O–H groups in total. The number of hydrogen-bond donors (Lipinski definition) is 1. The third-order valence-electron chi connectivity index (χ3n) is 3.98.